The van der Waals surface area contributed by atoms with Gasteiger partial charge in [-0.1, -0.05) is 26.0 Å². The van der Waals surface area contributed by atoms with Gasteiger partial charge in [0.25, 0.3) is 0 Å². The summed E-state index contributed by atoms with van der Waals surface area (Å²) in [6.07, 6.45) is 2.09. The van der Waals surface area contributed by atoms with Crippen LogP contribution in [0.3, 0.4) is 0 Å². The fourth-order valence-corrected chi connectivity index (χ4v) is 4.84. The summed E-state index contributed by atoms with van der Waals surface area (Å²) in [6.45, 7) is 12.5. The van der Waals surface area contributed by atoms with Crippen LogP contribution < -0.4 is 0 Å². The van der Waals surface area contributed by atoms with E-state index in [1.165, 1.54) is 5.56 Å². The van der Waals surface area contributed by atoms with Crippen LogP contribution in [0.1, 0.15) is 43.5 Å². The van der Waals surface area contributed by atoms with Gasteiger partial charge in [0.05, 0.1) is 10.6 Å². The van der Waals surface area contributed by atoms with E-state index in [1.54, 1.807) is 16.4 Å². The molecule has 1 saturated heterocycles. The summed E-state index contributed by atoms with van der Waals surface area (Å²) in [5.41, 5.74) is 3.43. The Morgan fingerprint density at radius 2 is 1.70 bits per heavy atom. The van der Waals surface area contributed by atoms with Crippen LogP contribution in [0.5, 0.6) is 0 Å². The maximum Gasteiger partial charge on any atom is 0.243 e. The van der Waals surface area contributed by atoms with E-state index in [0.29, 0.717) is 23.9 Å². The lowest BCUT2D eigenvalue weighted by molar-refractivity contribution is 0.181. The summed E-state index contributed by atoms with van der Waals surface area (Å²) < 4.78 is 29.4. The molecule has 0 amide bonds. The zero-order valence-electron chi connectivity index (χ0n) is 16.7. The van der Waals surface area contributed by atoms with Crippen LogP contribution in [0, 0.1) is 6.92 Å². The summed E-state index contributed by atoms with van der Waals surface area (Å²) in [7, 11) is -3.42. The first kappa shape index (κ1) is 20.0. The molecule has 0 atom stereocenters. The van der Waals surface area contributed by atoms with Gasteiger partial charge >= 0.3 is 0 Å². The first-order valence-electron chi connectivity index (χ1n) is 9.66. The minimum Gasteiger partial charge on any atom is -0.296 e. The molecule has 6 nitrogen and oxygen atoms in total. The molecule has 1 aromatic heterocycles. The van der Waals surface area contributed by atoms with E-state index < -0.39 is 10.0 Å². The Hall–Kier alpha value is -1.70. The zero-order valence-corrected chi connectivity index (χ0v) is 17.5. The van der Waals surface area contributed by atoms with Crippen LogP contribution in [0.25, 0.3) is 0 Å². The topological polar surface area (TPSA) is 58.4 Å². The molecule has 1 aliphatic heterocycles. The van der Waals surface area contributed by atoms with Crippen molar-refractivity contribution >= 4 is 10.0 Å². The van der Waals surface area contributed by atoms with Gasteiger partial charge in [-0.2, -0.15) is 9.40 Å². The number of sulfonamides is 1. The van der Waals surface area contributed by atoms with Gasteiger partial charge in [0.2, 0.25) is 10.0 Å². The predicted molar refractivity (Wildman–Crippen MR) is 107 cm³/mol. The minimum absolute atomic E-state index is 0.389. The first-order valence-corrected chi connectivity index (χ1v) is 11.1. The molecular weight excluding hydrogens is 360 g/mol. The van der Waals surface area contributed by atoms with Crippen molar-refractivity contribution in [3.05, 3.63) is 47.3 Å². The fourth-order valence-electron chi connectivity index (χ4n) is 3.42. The van der Waals surface area contributed by atoms with Gasteiger partial charge < -0.3 is 0 Å². The highest BCUT2D eigenvalue weighted by atomic mass is 32.2. The number of nitrogens with zero attached hydrogens (tertiary/aromatic N) is 4. The Morgan fingerprint density at radius 1 is 1.07 bits per heavy atom. The predicted octanol–water partition coefficient (Wildman–Crippen LogP) is 2.84. The third-order valence-electron chi connectivity index (χ3n) is 5.28. The van der Waals surface area contributed by atoms with Crippen LogP contribution in [-0.2, 0) is 23.1 Å². The molecule has 0 N–H and O–H groups in total. The van der Waals surface area contributed by atoms with E-state index in [0.717, 1.165) is 37.4 Å². The molecule has 0 bridgehead atoms. The Balaban J connectivity index is 1.63. The number of piperazine rings is 1. The molecule has 2 heterocycles. The number of benzene rings is 1. The third kappa shape index (κ3) is 4.42. The molecule has 148 valence electrons. The number of rotatable bonds is 6. The zero-order chi connectivity index (χ0) is 19.6. The molecule has 1 aromatic carbocycles. The second-order valence-corrected chi connectivity index (χ2v) is 9.44. The Morgan fingerprint density at radius 3 is 2.22 bits per heavy atom. The van der Waals surface area contributed by atoms with Gasteiger partial charge in [-0.05, 0) is 37.5 Å². The second-order valence-electron chi connectivity index (χ2n) is 7.50. The standard InChI is InChI=1S/C20H30N4O2S/c1-5-23-15-19(17(4)21-23)14-22-10-12-24(13-11-22)27(25,26)20-8-6-18(7-9-20)16(2)3/h6-9,15-16H,5,10-14H2,1-4H3. The SMILES string of the molecule is CCn1cc(CN2CCN(S(=O)(=O)c3ccc(C(C)C)cc3)CC2)c(C)n1. The first-order chi connectivity index (χ1) is 12.8. The molecule has 27 heavy (non-hydrogen) atoms. The van der Waals surface area contributed by atoms with Gasteiger partial charge in [0.1, 0.15) is 0 Å². The number of aryl methyl sites for hydroxylation is 2. The van der Waals surface area contributed by atoms with Crippen LogP contribution in [0.2, 0.25) is 0 Å². The van der Waals surface area contributed by atoms with Crippen molar-refractivity contribution in [1.29, 1.82) is 0 Å². The number of aromatic nitrogens is 2. The van der Waals surface area contributed by atoms with Crippen molar-refractivity contribution in [3.8, 4) is 0 Å². The highest BCUT2D eigenvalue weighted by Gasteiger charge is 2.28. The normalized spacial score (nSPS) is 16.9. The summed E-state index contributed by atoms with van der Waals surface area (Å²) in [4.78, 5) is 2.69. The van der Waals surface area contributed by atoms with Crippen molar-refractivity contribution < 1.29 is 8.42 Å². The second kappa shape index (κ2) is 8.12. The molecule has 7 heteroatoms. The average Bonchev–Trinajstić information content (AvgIpc) is 3.02. The van der Waals surface area contributed by atoms with Crippen molar-refractivity contribution in [2.45, 2.75) is 51.6 Å². The molecule has 1 fully saturated rings. The maximum absolute atomic E-state index is 12.9. The quantitative estimate of drug-likeness (QED) is 0.761. The molecular formula is C20H30N4O2S. The summed E-state index contributed by atoms with van der Waals surface area (Å²) in [6, 6.07) is 7.31. The van der Waals surface area contributed by atoms with E-state index in [-0.39, 0.29) is 0 Å². The number of hydrogen-bond donors (Lipinski definition) is 0. The minimum atomic E-state index is -3.42. The lowest BCUT2D eigenvalue weighted by Gasteiger charge is -2.33. The fraction of sp³-hybridized carbons (Fsp3) is 0.550. The van der Waals surface area contributed by atoms with Crippen molar-refractivity contribution in [1.82, 2.24) is 19.0 Å². The Kier molecular flexibility index (Phi) is 6.03. The van der Waals surface area contributed by atoms with Gasteiger partial charge in [0, 0.05) is 51.0 Å². The smallest absolute Gasteiger partial charge is 0.243 e. The molecule has 3 rings (SSSR count). The highest BCUT2D eigenvalue weighted by Crippen LogP contribution is 2.22. The highest BCUT2D eigenvalue weighted by molar-refractivity contribution is 7.89. The molecule has 0 unspecified atom stereocenters. The van der Waals surface area contributed by atoms with Gasteiger partial charge in [-0.3, -0.25) is 9.58 Å². The summed E-state index contributed by atoms with van der Waals surface area (Å²) in [5.74, 6) is 0.394. The molecule has 0 spiro atoms. The van der Waals surface area contributed by atoms with E-state index in [2.05, 4.69) is 37.0 Å². The molecule has 0 radical (unpaired) electrons. The lowest BCUT2D eigenvalue weighted by Crippen LogP contribution is -2.48. The van der Waals surface area contributed by atoms with E-state index >= 15 is 0 Å². The van der Waals surface area contributed by atoms with E-state index in [9.17, 15) is 8.42 Å². The molecule has 0 saturated carbocycles. The van der Waals surface area contributed by atoms with Crippen molar-refractivity contribution in [2.75, 3.05) is 26.2 Å². The largest absolute Gasteiger partial charge is 0.296 e. The summed E-state index contributed by atoms with van der Waals surface area (Å²) >= 11 is 0. The van der Waals surface area contributed by atoms with Crippen LogP contribution >= 0.6 is 0 Å². The molecule has 0 aliphatic carbocycles. The number of hydrogen-bond acceptors (Lipinski definition) is 4. The van der Waals surface area contributed by atoms with Gasteiger partial charge in [-0.25, -0.2) is 8.42 Å². The van der Waals surface area contributed by atoms with Crippen molar-refractivity contribution in [2.24, 2.45) is 0 Å². The maximum atomic E-state index is 12.9. The van der Waals surface area contributed by atoms with Gasteiger partial charge in [0.15, 0.2) is 0 Å². The Labute approximate surface area is 162 Å². The van der Waals surface area contributed by atoms with Gasteiger partial charge in [-0.15, -0.1) is 0 Å². The van der Waals surface area contributed by atoms with Crippen LogP contribution in [0.15, 0.2) is 35.4 Å². The summed E-state index contributed by atoms with van der Waals surface area (Å²) in [5, 5.41) is 4.49. The van der Waals surface area contributed by atoms with Crippen molar-refractivity contribution in [3.63, 3.8) is 0 Å². The van der Waals surface area contributed by atoms with E-state index in [1.807, 2.05) is 23.7 Å². The molecule has 1 aliphatic rings. The van der Waals surface area contributed by atoms with E-state index in [4.69, 9.17) is 0 Å². The Bertz CT molecular complexity index is 864. The average molecular weight is 391 g/mol. The van der Waals surface area contributed by atoms with Crippen LogP contribution in [-0.4, -0.2) is 53.6 Å². The third-order valence-corrected chi connectivity index (χ3v) is 7.19. The lowest BCUT2D eigenvalue weighted by atomic mass is 10.0. The molecule has 2 aromatic rings. The monoisotopic (exact) mass is 390 g/mol. The van der Waals surface area contributed by atoms with Crippen LogP contribution in [0.4, 0.5) is 0 Å².